The molecular weight excluding hydrogens is 182 g/mol. The van der Waals surface area contributed by atoms with Gasteiger partial charge in [0, 0.05) is 0 Å². The van der Waals surface area contributed by atoms with Crippen molar-refractivity contribution >= 4 is 11.7 Å². The molecule has 0 saturated heterocycles. The number of carboxylic acids is 1. The summed E-state index contributed by atoms with van der Waals surface area (Å²) < 4.78 is 0. The Labute approximate surface area is 82.5 Å². The Morgan fingerprint density at radius 2 is 2.36 bits per heavy atom. The molecule has 1 aromatic carbocycles. The predicted octanol–water partition coefficient (Wildman–Crippen LogP) is 1.81. The molecule has 0 spiro atoms. The van der Waals surface area contributed by atoms with E-state index in [9.17, 15) is 4.79 Å². The Morgan fingerprint density at radius 3 is 3.00 bits per heavy atom. The third-order valence-electron chi connectivity index (χ3n) is 1.63. The molecule has 14 heavy (non-hydrogen) atoms. The summed E-state index contributed by atoms with van der Waals surface area (Å²) in [6.07, 6.45) is -0.00117. The van der Waals surface area contributed by atoms with Gasteiger partial charge in [-0.15, -0.1) is 0 Å². The average molecular weight is 195 g/mol. The van der Waals surface area contributed by atoms with Crippen molar-refractivity contribution in [1.82, 2.24) is 0 Å². The van der Waals surface area contributed by atoms with Gasteiger partial charge in [-0.25, -0.2) is 0 Å². The summed E-state index contributed by atoms with van der Waals surface area (Å²) in [6, 6.07) is 7.65. The Hall–Kier alpha value is -1.55. The second-order valence-corrected chi connectivity index (χ2v) is 2.96. The molecule has 0 radical (unpaired) electrons. The van der Waals surface area contributed by atoms with Crippen LogP contribution in [0.5, 0.6) is 0 Å². The predicted molar refractivity (Wildman–Crippen MR) is 53.0 cm³/mol. The molecule has 0 bridgehead atoms. The van der Waals surface area contributed by atoms with Gasteiger partial charge in [0.15, 0.2) is 0 Å². The summed E-state index contributed by atoms with van der Waals surface area (Å²) >= 11 is 0. The van der Waals surface area contributed by atoms with Gasteiger partial charge in [-0.1, -0.05) is 12.1 Å². The Bertz CT molecular complexity index is 312. The summed E-state index contributed by atoms with van der Waals surface area (Å²) in [5, 5.41) is 8.35. The van der Waals surface area contributed by atoms with Crippen molar-refractivity contribution in [2.45, 2.75) is 13.3 Å². The van der Waals surface area contributed by atoms with Crippen LogP contribution >= 0.6 is 0 Å². The second kappa shape index (κ2) is 5.24. The van der Waals surface area contributed by atoms with Crippen molar-refractivity contribution in [1.29, 1.82) is 0 Å². The van der Waals surface area contributed by atoms with Gasteiger partial charge in [-0.3, -0.25) is 15.1 Å². The summed E-state index contributed by atoms with van der Waals surface area (Å²) in [7, 11) is 0. The molecule has 0 unspecified atom stereocenters. The number of anilines is 1. The smallest absolute Gasteiger partial charge is 0.305 e. The molecule has 0 aromatic heterocycles. The first-order valence-corrected chi connectivity index (χ1v) is 4.35. The lowest BCUT2D eigenvalue weighted by Crippen LogP contribution is -2.07. The molecule has 2 N–H and O–H groups in total. The van der Waals surface area contributed by atoms with Gasteiger partial charge >= 0.3 is 5.97 Å². The average Bonchev–Trinajstić information content (AvgIpc) is 2.12. The normalized spacial score (nSPS) is 9.79. The van der Waals surface area contributed by atoms with Crippen LogP contribution in [0.4, 0.5) is 5.69 Å². The summed E-state index contributed by atoms with van der Waals surface area (Å²) in [5.74, 6) is -0.865. The van der Waals surface area contributed by atoms with Crippen molar-refractivity contribution < 1.29 is 14.7 Å². The fourth-order valence-electron chi connectivity index (χ4n) is 0.981. The lowest BCUT2D eigenvalue weighted by atomic mass is 10.2. The van der Waals surface area contributed by atoms with E-state index in [0.717, 1.165) is 11.3 Å². The highest BCUT2D eigenvalue weighted by Crippen LogP contribution is 2.09. The van der Waals surface area contributed by atoms with Crippen LogP contribution in [0.15, 0.2) is 24.3 Å². The molecule has 0 aliphatic rings. The molecule has 1 rings (SSSR count). The number of aryl methyl sites for hydroxylation is 1. The standard InChI is InChI=1S/C10H13NO3/c1-8-3-2-4-9(7-8)11-14-6-5-10(12)13/h2-4,7,11H,5-6H2,1H3,(H,12,13). The van der Waals surface area contributed by atoms with Gasteiger partial charge in [-0.05, 0) is 24.6 Å². The van der Waals surface area contributed by atoms with Crippen LogP contribution in [0.2, 0.25) is 0 Å². The van der Waals surface area contributed by atoms with E-state index in [4.69, 9.17) is 9.94 Å². The quantitative estimate of drug-likeness (QED) is 0.555. The fourth-order valence-corrected chi connectivity index (χ4v) is 0.981. The number of aliphatic carboxylic acids is 1. The molecule has 76 valence electrons. The molecule has 0 fully saturated rings. The van der Waals surface area contributed by atoms with Crippen molar-refractivity contribution in [3.05, 3.63) is 29.8 Å². The topological polar surface area (TPSA) is 58.6 Å². The highest BCUT2D eigenvalue weighted by Gasteiger charge is 1.96. The van der Waals surface area contributed by atoms with E-state index in [1.807, 2.05) is 31.2 Å². The summed E-state index contributed by atoms with van der Waals surface area (Å²) in [6.45, 7) is 2.13. The molecule has 0 atom stereocenters. The van der Waals surface area contributed by atoms with Crippen LogP contribution in [0, 0.1) is 6.92 Å². The zero-order valence-corrected chi connectivity index (χ0v) is 7.99. The Balaban J connectivity index is 2.28. The molecule has 4 heteroatoms. The number of hydrogen-bond acceptors (Lipinski definition) is 3. The molecule has 0 saturated carbocycles. The van der Waals surface area contributed by atoms with E-state index in [0.29, 0.717) is 0 Å². The van der Waals surface area contributed by atoms with Gasteiger partial charge in [0.25, 0.3) is 0 Å². The number of carboxylic acid groups (broad SMARTS) is 1. The largest absolute Gasteiger partial charge is 0.481 e. The van der Waals surface area contributed by atoms with E-state index in [1.54, 1.807) is 0 Å². The number of benzene rings is 1. The summed E-state index contributed by atoms with van der Waals surface area (Å²) in [5.41, 5.74) is 4.63. The minimum absolute atomic E-state index is 0.00117. The van der Waals surface area contributed by atoms with E-state index in [1.165, 1.54) is 0 Å². The molecule has 0 amide bonds. The lowest BCUT2D eigenvalue weighted by Gasteiger charge is -2.05. The molecule has 4 nitrogen and oxygen atoms in total. The third-order valence-corrected chi connectivity index (χ3v) is 1.63. The maximum atomic E-state index is 10.2. The van der Waals surface area contributed by atoms with Crippen LogP contribution in [0.1, 0.15) is 12.0 Å². The van der Waals surface area contributed by atoms with E-state index in [-0.39, 0.29) is 13.0 Å². The van der Waals surface area contributed by atoms with E-state index >= 15 is 0 Å². The van der Waals surface area contributed by atoms with Gasteiger partial charge < -0.3 is 5.11 Å². The Morgan fingerprint density at radius 1 is 1.57 bits per heavy atom. The number of nitrogens with one attached hydrogen (secondary N) is 1. The lowest BCUT2D eigenvalue weighted by molar-refractivity contribution is -0.137. The maximum absolute atomic E-state index is 10.2. The molecule has 1 aromatic rings. The van der Waals surface area contributed by atoms with Crippen molar-refractivity contribution in [2.24, 2.45) is 0 Å². The third kappa shape index (κ3) is 3.91. The van der Waals surface area contributed by atoms with Crippen molar-refractivity contribution in [3.63, 3.8) is 0 Å². The minimum Gasteiger partial charge on any atom is -0.481 e. The van der Waals surface area contributed by atoms with Crippen LogP contribution in [0.3, 0.4) is 0 Å². The Kier molecular flexibility index (Phi) is 3.94. The SMILES string of the molecule is Cc1cccc(NOCCC(=O)O)c1. The molecular formula is C10H13NO3. The van der Waals surface area contributed by atoms with Gasteiger partial charge in [0.05, 0.1) is 18.7 Å². The van der Waals surface area contributed by atoms with Crippen LogP contribution < -0.4 is 5.48 Å². The van der Waals surface area contributed by atoms with Crippen LogP contribution in [-0.2, 0) is 9.63 Å². The molecule has 0 aliphatic carbocycles. The highest BCUT2D eigenvalue weighted by atomic mass is 16.6. The number of carbonyl (C=O) groups is 1. The highest BCUT2D eigenvalue weighted by molar-refractivity contribution is 5.66. The van der Waals surface area contributed by atoms with E-state index < -0.39 is 5.97 Å². The summed E-state index contributed by atoms with van der Waals surface area (Å²) in [4.78, 5) is 15.1. The first kappa shape index (κ1) is 10.5. The number of hydrogen-bond donors (Lipinski definition) is 2. The molecule has 0 aliphatic heterocycles. The number of rotatable bonds is 5. The zero-order chi connectivity index (χ0) is 10.4. The van der Waals surface area contributed by atoms with Crippen molar-refractivity contribution in [3.8, 4) is 0 Å². The zero-order valence-electron chi connectivity index (χ0n) is 7.99. The van der Waals surface area contributed by atoms with Gasteiger partial charge in [0.2, 0.25) is 0 Å². The van der Waals surface area contributed by atoms with Gasteiger partial charge in [0.1, 0.15) is 0 Å². The first-order chi connectivity index (χ1) is 6.68. The second-order valence-electron chi connectivity index (χ2n) is 2.96. The van der Waals surface area contributed by atoms with Crippen LogP contribution in [-0.4, -0.2) is 17.7 Å². The monoisotopic (exact) mass is 195 g/mol. The maximum Gasteiger partial charge on any atom is 0.305 e. The first-order valence-electron chi connectivity index (χ1n) is 4.35. The van der Waals surface area contributed by atoms with Crippen LogP contribution in [0.25, 0.3) is 0 Å². The minimum atomic E-state index is -0.865. The molecule has 0 heterocycles. The fraction of sp³-hybridized carbons (Fsp3) is 0.300. The van der Waals surface area contributed by atoms with Crippen molar-refractivity contribution in [2.75, 3.05) is 12.1 Å². The van der Waals surface area contributed by atoms with E-state index in [2.05, 4.69) is 5.48 Å². The van der Waals surface area contributed by atoms with Gasteiger partial charge in [-0.2, -0.15) is 0 Å².